The molecule has 0 fully saturated rings. The first-order valence-corrected chi connectivity index (χ1v) is 6.31. The lowest BCUT2D eigenvalue weighted by molar-refractivity contribution is 0.0631. The van der Waals surface area contributed by atoms with E-state index in [2.05, 4.69) is 6.07 Å². The van der Waals surface area contributed by atoms with E-state index in [0.29, 0.717) is 16.9 Å². The van der Waals surface area contributed by atoms with Crippen LogP contribution in [0.5, 0.6) is 5.75 Å². The third-order valence-electron chi connectivity index (χ3n) is 3.15. The third kappa shape index (κ3) is 2.16. The summed E-state index contributed by atoms with van der Waals surface area (Å²) in [5, 5.41) is 0. The zero-order chi connectivity index (χ0) is 13.9. The van der Waals surface area contributed by atoms with Gasteiger partial charge in [-0.05, 0) is 30.3 Å². The standard InChI is InChI=1S/C16H12NO3/c18-15-13-8-4-5-9-14(13)16(19)17(15)10-11-20-12-6-2-1-3-7-12/h2-9H,10-11H2. The molecule has 0 atom stereocenters. The molecule has 1 aliphatic rings. The summed E-state index contributed by atoms with van der Waals surface area (Å²) in [6, 6.07) is 16.8. The molecule has 2 amide bonds. The fraction of sp³-hybridized carbons (Fsp3) is 0.125. The van der Waals surface area contributed by atoms with Crippen LogP contribution in [0.25, 0.3) is 0 Å². The van der Waals surface area contributed by atoms with E-state index in [9.17, 15) is 9.59 Å². The molecule has 0 aliphatic carbocycles. The molecule has 0 saturated carbocycles. The predicted molar refractivity (Wildman–Crippen MR) is 72.6 cm³/mol. The molecule has 99 valence electrons. The van der Waals surface area contributed by atoms with Crippen LogP contribution >= 0.6 is 0 Å². The Morgan fingerprint density at radius 3 is 2.15 bits per heavy atom. The average molecular weight is 266 g/mol. The van der Waals surface area contributed by atoms with Crippen molar-refractivity contribution in [3.8, 4) is 5.75 Å². The number of hydrogen-bond acceptors (Lipinski definition) is 3. The fourth-order valence-corrected chi connectivity index (χ4v) is 2.16. The summed E-state index contributed by atoms with van der Waals surface area (Å²) in [5.74, 6) is 0.187. The van der Waals surface area contributed by atoms with E-state index in [-0.39, 0.29) is 25.0 Å². The van der Waals surface area contributed by atoms with Gasteiger partial charge in [0.15, 0.2) is 0 Å². The van der Waals surface area contributed by atoms with Crippen LogP contribution in [-0.2, 0) is 0 Å². The molecule has 4 nitrogen and oxygen atoms in total. The number of rotatable bonds is 4. The van der Waals surface area contributed by atoms with Gasteiger partial charge >= 0.3 is 0 Å². The van der Waals surface area contributed by atoms with Crippen LogP contribution < -0.4 is 4.74 Å². The number of benzene rings is 2. The number of ether oxygens (including phenoxy) is 1. The van der Waals surface area contributed by atoms with Gasteiger partial charge in [0.05, 0.1) is 17.7 Å². The maximum Gasteiger partial charge on any atom is 0.261 e. The zero-order valence-electron chi connectivity index (χ0n) is 10.7. The van der Waals surface area contributed by atoms with Gasteiger partial charge < -0.3 is 4.74 Å². The second-order valence-corrected chi connectivity index (χ2v) is 4.39. The van der Waals surface area contributed by atoms with Crippen LogP contribution in [0.2, 0.25) is 0 Å². The molecule has 0 saturated heterocycles. The molecule has 1 heterocycles. The summed E-state index contributed by atoms with van der Waals surface area (Å²) in [7, 11) is 0. The molecule has 2 aromatic carbocycles. The smallest absolute Gasteiger partial charge is 0.261 e. The van der Waals surface area contributed by atoms with Gasteiger partial charge in [-0.1, -0.05) is 24.3 Å². The Morgan fingerprint density at radius 2 is 1.55 bits per heavy atom. The van der Waals surface area contributed by atoms with Gasteiger partial charge in [-0.15, -0.1) is 0 Å². The van der Waals surface area contributed by atoms with Crippen molar-refractivity contribution in [2.75, 3.05) is 13.2 Å². The van der Waals surface area contributed by atoms with Gasteiger partial charge in [-0.3, -0.25) is 14.5 Å². The van der Waals surface area contributed by atoms with E-state index in [1.807, 2.05) is 0 Å². The van der Waals surface area contributed by atoms with Crippen LogP contribution in [0, 0.1) is 6.07 Å². The molecule has 3 rings (SSSR count). The Labute approximate surface area is 116 Å². The quantitative estimate of drug-likeness (QED) is 0.797. The predicted octanol–water partition coefficient (Wildman–Crippen LogP) is 2.16. The number of carbonyl (C=O) groups excluding carboxylic acids is 2. The van der Waals surface area contributed by atoms with Crippen molar-refractivity contribution in [3.05, 3.63) is 65.7 Å². The van der Waals surface area contributed by atoms with Crippen LogP contribution in [0.15, 0.2) is 48.5 Å². The first-order chi connectivity index (χ1) is 9.77. The Balaban J connectivity index is 1.65. The van der Waals surface area contributed by atoms with Gasteiger partial charge in [-0.25, -0.2) is 0 Å². The summed E-state index contributed by atoms with van der Waals surface area (Å²) in [5.41, 5.74) is 0.929. The summed E-state index contributed by atoms with van der Waals surface area (Å²) in [6.07, 6.45) is 0. The second kappa shape index (κ2) is 5.17. The molecule has 4 heteroatoms. The highest BCUT2D eigenvalue weighted by Crippen LogP contribution is 2.22. The Morgan fingerprint density at radius 1 is 0.950 bits per heavy atom. The molecule has 0 unspecified atom stereocenters. The van der Waals surface area contributed by atoms with E-state index >= 15 is 0 Å². The van der Waals surface area contributed by atoms with Crippen LogP contribution in [0.1, 0.15) is 20.7 Å². The van der Waals surface area contributed by atoms with Gasteiger partial charge in [0, 0.05) is 0 Å². The molecular formula is C16H12NO3. The lowest BCUT2D eigenvalue weighted by atomic mass is 10.1. The van der Waals surface area contributed by atoms with Crippen molar-refractivity contribution in [2.45, 2.75) is 0 Å². The number of carbonyl (C=O) groups is 2. The van der Waals surface area contributed by atoms with Crippen molar-refractivity contribution in [3.63, 3.8) is 0 Å². The minimum absolute atomic E-state index is 0.241. The van der Waals surface area contributed by atoms with Crippen molar-refractivity contribution in [1.29, 1.82) is 0 Å². The SMILES string of the molecule is O=C1c2ccccc2C(=O)N1CCOc1cc[c]cc1. The molecule has 1 radical (unpaired) electrons. The average Bonchev–Trinajstić information content (AvgIpc) is 2.74. The van der Waals surface area contributed by atoms with E-state index < -0.39 is 0 Å². The van der Waals surface area contributed by atoms with Crippen molar-refractivity contribution >= 4 is 11.8 Å². The maximum absolute atomic E-state index is 12.1. The topological polar surface area (TPSA) is 46.6 Å². The molecule has 2 aromatic rings. The molecule has 20 heavy (non-hydrogen) atoms. The van der Waals surface area contributed by atoms with E-state index in [1.165, 1.54) is 4.90 Å². The second-order valence-electron chi connectivity index (χ2n) is 4.39. The lowest BCUT2D eigenvalue weighted by Gasteiger charge is -2.14. The molecule has 0 bridgehead atoms. The normalized spacial score (nSPS) is 13.5. The van der Waals surface area contributed by atoms with Crippen LogP contribution in [-0.4, -0.2) is 29.9 Å². The maximum atomic E-state index is 12.1. The Hall–Kier alpha value is -2.62. The van der Waals surface area contributed by atoms with E-state index in [0.717, 1.165) is 0 Å². The monoisotopic (exact) mass is 266 g/mol. The highest BCUT2D eigenvalue weighted by molar-refractivity contribution is 6.21. The highest BCUT2D eigenvalue weighted by Gasteiger charge is 2.34. The largest absolute Gasteiger partial charge is 0.492 e. The first-order valence-electron chi connectivity index (χ1n) is 6.31. The lowest BCUT2D eigenvalue weighted by Crippen LogP contribution is -2.33. The van der Waals surface area contributed by atoms with Crippen molar-refractivity contribution in [1.82, 2.24) is 4.90 Å². The van der Waals surface area contributed by atoms with Crippen LogP contribution in [0.4, 0.5) is 0 Å². The number of imide groups is 1. The van der Waals surface area contributed by atoms with E-state index in [1.54, 1.807) is 48.5 Å². The minimum atomic E-state index is -0.254. The number of amides is 2. The van der Waals surface area contributed by atoms with Gasteiger partial charge in [0.2, 0.25) is 0 Å². The molecular weight excluding hydrogens is 254 g/mol. The molecule has 0 N–H and O–H groups in total. The summed E-state index contributed by atoms with van der Waals surface area (Å²) >= 11 is 0. The highest BCUT2D eigenvalue weighted by atomic mass is 16.5. The van der Waals surface area contributed by atoms with Gasteiger partial charge in [0.25, 0.3) is 11.8 Å². The van der Waals surface area contributed by atoms with Crippen molar-refractivity contribution in [2.24, 2.45) is 0 Å². The fourth-order valence-electron chi connectivity index (χ4n) is 2.16. The summed E-state index contributed by atoms with van der Waals surface area (Å²) in [6.45, 7) is 0.514. The van der Waals surface area contributed by atoms with Gasteiger partial charge in [0.1, 0.15) is 12.4 Å². The summed E-state index contributed by atoms with van der Waals surface area (Å²) in [4.78, 5) is 25.4. The summed E-state index contributed by atoms with van der Waals surface area (Å²) < 4.78 is 5.50. The molecule has 1 aliphatic heterocycles. The first kappa shape index (κ1) is 12.4. The van der Waals surface area contributed by atoms with Crippen LogP contribution in [0.3, 0.4) is 0 Å². The Kier molecular flexibility index (Phi) is 3.21. The van der Waals surface area contributed by atoms with Crippen molar-refractivity contribution < 1.29 is 14.3 Å². The zero-order valence-corrected chi connectivity index (χ0v) is 10.7. The minimum Gasteiger partial charge on any atom is -0.492 e. The molecule has 0 spiro atoms. The number of nitrogens with zero attached hydrogens (tertiary/aromatic N) is 1. The Bertz CT molecular complexity index is 617. The van der Waals surface area contributed by atoms with E-state index in [4.69, 9.17) is 4.74 Å². The van der Waals surface area contributed by atoms with Gasteiger partial charge in [-0.2, -0.15) is 0 Å². The number of fused-ring (bicyclic) bond motifs is 1. The molecule has 0 aromatic heterocycles. The third-order valence-corrected chi connectivity index (χ3v) is 3.15. The number of hydrogen-bond donors (Lipinski definition) is 0.